The number of methoxy groups -OCH3 is 2. The van der Waals surface area contributed by atoms with Gasteiger partial charge in [-0.05, 0) is 31.2 Å². The van der Waals surface area contributed by atoms with Crippen molar-refractivity contribution in [1.29, 1.82) is 0 Å². The normalized spacial score (nSPS) is 10.3. The Kier molecular flexibility index (Phi) is 8.28. The number of ether oxygens (including phenoxy) is 3. The van der Waals surface area contributed by atoms with E-state index >= 15 is 0 Å². The molecule has 3 aromatic rings. The fourth-order valence-electron chi connectivity index (χ4n) is 2.59. The van der Waals surface area contributed by atoms with Crippen LogP contribution in [0.5, 0.6) is 17.2 Å². The summed E-state index contributed by atoms with van der Waals surface area (Å²) in [5.41, 5.74) is 0.969. The van der Waals surface area contributed by atoms with Crippen molar-refractivity contribution in [3.63, 3.8) is 0 Å². The van der Waals surface area contributed by atoms with Crippen LogP contribution in [0, 0.1) is 0 Å². The fourth-order valence-corrected chi connectivity index (χ4v) is 4.14. The van der Waals surface area contributed by atoms with E-state index in [0.29, 0.717) is 44.6 Å². The molecule has 9 nitrogen and oxygen atoms in total. The molecule has 0 radical (unpaired) electrons. The van der Waals surface area contributed by atoms with Crippen molar-refractivity contribution in [2.45, 2.75) is 11.3 Å². The van der Waals surface area contributed by atoms with Crippen molar-refractivity contribution < 1.29 is 23.8 Å². The molecule has 0 bridgehead atoms. The summed E-state index contributed by atoms with van der Waals surface area (Å²) in [5, 5.41) is 13.8. The number of nitrogens with one attached hydrogen (secondary N) is 2. The first-order chi connectivity index (χ1) is 15.5. The molecular formula is C21H22N4O5S2. The number of rotatable bonds is 10. The van der Waals surface area contributed by atoms with Crippen LogP contribution in [0.25, 0.3) is 0 Å². The average Bonchev–Trinajstić information content (AvgIpc) is 3.26. The van der Waals surface area contributed by atoms with E-state index < -0.39 is 0 Å². The molecule has 0 aliphatic carbocycles. The van der Waals surface area contributed by atoms with Gasteiger partial charge in [0.1, 0.15) is 17.2 Å². The molecule has 0 unspecified atom stereocenters. The first-order valence-corrected chi connectivity index (χ1v) is 11.3. The maximum atomic E-state index is 12.5. The molecule has 2 N–H and O–H groups in total. The van der Waals surface area contributed by atoms with E-state index in [9.17, 15) is 9.59 Å². The zero-order valence-corrected chi connectivity index (χ0v) is 19.3. The molecule has 1 aromatic heterocycles. The van der Waals surface area contributed by atoms with Gasteiger partial charge in [0, 0.05) is 11.6 Å². The van der Waals surface area contributed by atoms with Gasteiger partial charge in [0.2, 0.25) is 11.0 Å². The molecule has 0 spiro atoms. The van der Waals surface area contributed by atoms with Crippen LogP contribution in [-0.2, 0) is 4.79 Å². The van der Waals surface area contributed by atoms with Gasteiger partial charge in [0.15, 0.2) is 4.34 Å². The number of para-hydroxylation sites is 2. The highest BCUT2D eigenvalue weighted by molar-refractivity contribution is 8.01. The van der Waals surface area contributed by atoms with Crippen LogP contribution in [0.1, 0.15) is 17.3 Å². The van der Waals surface area contributed by atoms with Crippen LogP contribution in [-0.4, -0.2) is 48.6 Å². The number of benzene rings is 2. The number of hydrogen-bond acceptors (Lipinski definition) is 9. The molecule has 0 atom stereocenters. The lowest BCUT2D eigenvalue weighted by Crippen LogP contribution is -2.14. The Balaban J connectivity index is 1.56. The lowest BCUT2D eigenvalue weighted by atomic mass is 10.2. The molecule has 0 saturated heterocycles. The highest BCUT2D eigenvalue weighted by atomic mass is 32.2. The maximum Gasteiger partial charge on any atom is 0.257 e. The van der Waals surface area contributed by atoms with Gasteiger partial charge >= 0.3 is 0 Å². The monoisotopic (exact) mass is 474 g/mol. The highest BCUT2D eigenvalue weighted by Crippen LogP contribution is 2.28. The van der Waals surface area contributed by atoms with Gasteiger partial charge in [-0.1, -0.05) is 35.2 Å². The predicted molar refractivity (Wildman–Crippen MR) is 124 cm³/mol. The number of carbonyl (C=O) groups excluding carboxylic acids is 2. The Labute approximate surface area is 193 Å². The van der Waals surface area contributed by atoms with Gasteiger partial charge in [-0.3, -0.25) is 14.9 Å². The number of amides is 2. The second-order valence-corrected chi connectivity index (χ2v) is 8.39. The standard InChI is InChI=1S/C21H22N4O5S2/c1-4-30-17-8-6-5-7-16(17)22-18(26)12-31-21-25-24-20(32-21)23-19(27)13-9-14(28-2)11-15(10-13)29-3/h5-11H,4,12H2,1-3H3,(H,22,26)(H,23,24,27). The summed E-state index contributed by atoms with van der Waals surface area (Å²) in [7, 11) is 3.02. The number of carbonyl (C=O) groups is 2. The molecule has 0 aliphatic rings. The predicted octanol–water partition coefficient (Wildman–Crippen LogP) is 3.94. The van der Waals surface area contributed by atoms with Crippen LogP contribution >= 0.6 is 23.1 Å². The van der Waals surface area contributed by atoms with E-state index in [-0.39, 0.29) is 17.6 Å². The van der Waals surface area contributed by atoms with Crippen molar-refractivity contribution >= 4 is 45.7 Å². The van der Waals surface area contributed by atoms with Crippen molar-refractivity contribution in [2.24, 2.45) is 0 Å². The minimum absolute atomic E-state index is 0.135. The van der Waals surface area contributed by atoms with Gasteiger partial charge in [-0.2, -0.15) is 0 Å². The summed E-state index contributed by atoms with van der Waals surface area (Å²) in [6.45, 7) is 2.38. The SMILES string of the molecule is CCOc1ccccc1NC(=O)CSc1nnc(NC(=O)c2cc(OC)cc(OC)c2)s1. The van der Waals surface area contributed by atoms with Crippen LogP contribution in [0.15, 0.2) is 46.8 Å². The Morgan fingerprint density at radius 3 is 2.44 bits per heavy atom. The van der Waals surface area contributed by atoms with Gasteiger partial charge in [-0.25, -0.2) is 0 Å². The third-order valence-electron chi connectivity index (χ3n) is 4.03. The lowest BCUT2D eigenvalue weighted by Gasteiger charge is -2.10. The smallest absolute Gasteiger partial charge is 0.257 e. The van der Waals surface area contributed by atoms with Crippen LogP contribution in [0.2, 0.25) is 0 Å². The number of thioether (sulfide) groups is 1. The van der Waals surface area contributed by atoms with E-state index in [4.69, 9.17) is 14.2 Å². The topological polar surface area (TPSA) is 112 Å². The molecule has 0 aliphatic heterocycles. The summed E-state index contributed by atoms with van der Waals surface area (Å²) in [6, 6.07) is 12.1. The molecule has 2 aromatic carbocycles. The van der Waals surface area contributed by atoms with Gasteiger partial charge < -0.3 is 19.5 Å². The average molecular weight is 475 g/mol. The van der Waals surface area contributed by atoms with E-state index in [1.807, 2.05) is 19.1 Å². The Bertz CT molecular complexity index is 1070. The zero-order valence-electron chi connectivity index (χ0n) is 17.7. The number of hydrogen-bond donors (Lipinski definition) is 2. The van der Waals surface area contributed by atoms with Crippen molar-refractivity contribution in [1.82, 2.24) is 10.2 Å². The third kappa shape index (κ3) is 6.34. The molecule has 2 amide bonds. The van der Waals surface area contributed by atoms with Gasteiger partial charge in [0.25, 0.3) is 5.91 Å². The molecule has 0 saturated carbocycles. The molecular weight excluding hydrogens is 452 g/mol. The molecule has 3 rings (SSSR count). The molecule has 1 heterocycles. The summed E-state index contributed by atoms with van der Waals surface area (Å²) in [4.78, 5) is 24.9. The summed E-state index contributed by atoms with van der Waals surface area (Å²) < 4.78 is 16.4. The second-order valence-electron chi connectivity index (χ2n) is 6.19. The van der Waals surface area contributed by atoms with Gasteiger partial charge in [0.05, 0.1) is 32.3 Å². The quantitative estimate of drug-likeness (QED) is 0.336. The van der Waals surface area contributed by atoms with E-state index in [1.54, 1.807) is 30.3 Å². The summed E-state index contributed by atoms with van der Waals surface area (Å²) >= 11 is 2.40. The number of aromatic nitrogens is 2. The zero-order chi connectivity index (χ0) is 22.9. The number of anilines is 2. The largest absolute Gasteiger partial charge is 0.497 e. The van der Waals surface area contributed by atoms with E-state index in [1.165, 1.54) is 37.3 Å². The molecule has 168 valence electrons. The summed E-state index contributed by atoms with van der Waals surface area (Å²) in [6.07, 6.45) is 0. The maximum absolute atomic E-state index is 12.5. The fraction of sp³-hybridized carbons (Fsp3) is 0.238. The van der Waals surface area contributed by atoms with Crippen molar-refractivity contribution in [3.05, 3.63) is 48.0 Å². The number of nitrogens with zero attached hydrogens (tertiary/aromatic N) is 2. The van der Waals surface area contributed by atoms with Crippen LogP contribution in [0.3, 0.4) is 0 Å². The Morgan fingerprint density at radius 1 is 1.03 bits per heavy atom. The third-order valence-corrected chi connectivity index (χ3v) is 6.00. The van der Waals surface area contributed by atoms with Crippen molar-refractivity contribution in [2.75, 3.05) is 37.2 Å². The lowest BCUT2D eigenvalue weighted by molar-refractivity contribution is -0.113. The molecule has 0 fully saturated rings. The Hall–Kier alpha value is -3.31. The van der Waals surface area contributed by atoms with Crippen molar-refractivity contribution in [3.8, 4) is 17.2 Å². The van der Waals surface area contributed by atoms with Crippen LogP contribution < -0.4 is 24.8 Å². The van der Waals surface area contributed by atoms with E-state index in [0.717, 1.165) is 0 Å². The van der Waals surface area contributed by atoms with E-state index in [2.05, 4.69) is 20.8 Å². The highest BCUT2D eigenvalue weighted by Gasteiger charge is 2.14. The van der Waals surface area contributed by atoms with Crippen LogP contribution in [0.4, 0.5) is 10.8 Å². The van der Waals surface area contributed by atoms with Gasteiger partial charge in [-0.15, -0.1) is 10.2 Å². The summed E-state index contributed by atoms with van der Waals surface area (Å²) in [5.74, 6) is 1.17. The Morgan fingerprint density at radius 2 is 1.75 bits per heavy atom. The molecule has 32 heavy (non-hydrogen) atoms. The second kappa shape index (κ2) is 11.3. The first-order valence-electron chi connectivity index (χ1n) is 9.54. The minimum Gasteiger partial charge on any atom is -0.497 e. The molecule has 11 heteroatoms. The first kappa shape index (κ1) is 23.4. The minimum atomic E-state index is -0.375.